The number of carbonyl (C=O) groups excluding carboxylic acids is 2. The fraction of sp³-hybridized carbons (Fsp3) is 0.389. The van der Waals surface area contributed by atoms with Crippen molar-refractivity contribution in [1.82, 2.24) is 10.2 Å². The van der Waals surface area contributed by atoms with Gasteiger partial charge >= 0.3 is 0 Å². The molecule has 0 aliphatic heterocycles. The molecule has 1 N–H and O–H groups in total. The average Bonchev–Trinajstić information content (AvgIpc) is 3.23. The lowest BCUT2D eigenvalue weighted by molar-refractivity contribution is -0.129. The molecule has 1 radical (unpaired) electrons. The van der Waals surface area contributed by atoms with Crippen molar-refractivity contribution in [2.75, 3.05) is 6.54 Å². The Morgan fingerprint density at radius 2 is 1.71 bits per heavy atom. The van der Waals surface area contributed by atoms with Crippen LogP contribution in [-0.4, -0.2) is 23.3 Å². The van der Waals surface area contributed by atoms with Crippen molar-refractivity contribution in [3.05, 3.63) is 51.2 Å². The second-order valence-corrected chi connectivity index (χ2v) is 7.60. The van der Waals surface area contributed by atoms with E-state index in [9.17, 15) is 9.59 Å². The summed E-state index contributed by atoms with van der Waals surface area (Å²) in [6, 6.07) is 8.15. The van der Waals surface area contributed by atoms with E-state index in [1.54, 1.807) is 29.1 Å². The molecule has 2 heterocycles. The minimum absolute atomic E-state index is 0.00636. The van der Waals surface area contributed by atoms with Gasteiger partial charge in [0.1, 0.15) is 0 Å². The van der Waals surface area contributed by atoms with Gasteiger partial charge in [0, 0.05) is 29.6 Å². The number of rotatable bonds is 10. The predicted molar refractivity (Wildman–Crippen MR) is 99.7 cm³/mol. The molecule has 0 unspecified atom stereocenters. The molecule has 0 spiro atoms. The second kappa shape index (κ2) is 10.3. The zero-order valence-corrected chi connectivity index (χ0v) is 15.5. The number of nitrogens with zero attached hydrogens (tertiary/aromatic N) is 1. The molecule has 0 saturated heterocycles. The Morgan fingerprint density at radius 1 is 1.08 bits per heavy atom. The SMILES string of the molecule is CC(=O)NCCCC[CH]C(=O)N(Cc1cccs1)Cc1cccs1. The molecule has 0 aliphatic carbocycles. The Balaban J connectivity index is 1.79. The molecule has 2 amide bonds. The molecular formula is C18H23N2O2S2. The first kappa shape index (κ1) is 18.7. The van der Waals surface area contributed by atoms with Crippen molar-refractivity contribution in [3.8, 4) is 0 Å². The maximum absolute atomic E-state index is 12.5. The van der Waals surface area contributed by atoms with Gasteiger partial charge in [-0.25, -0.2) is 0 Å². The van der Waals surface area contributed by atoms with E-state index in [0.717, 1.165) is 19.3 Å². The Hall–Kier alpha value is -1.66. The number of amides is 2. The van der Waals surface area contributed by atoms with E-state index in [4.69, 9.17) is 0 Å². The maximum atomic E-state index is 12.5. The molecule has 0 bridgehead atoms. The van der Waals surface area contributed by atoms with Gasteiger partial charge in [-0.2, -0.15) is 0 Å². The Morgan fingerprint density at radius 3 is 2.21 bits per heavy atom. The summed E-state index contributed by atoms with van der Waals surface area (Å²) in [4.78, 5) is 27.6. The average molecular weight is 364 g/mol. The molecule has 0 aromatic carbocycles. The third-order valence-electron chi connectivity index (χ3n) is 3.49. The lowest BCUT2D eigenvalue weighted by atomic mass is 10.1. The second-order valence-electron chi connectivity index (χ2n) is 5.54. The molecule has 2 aromatic rings. The summed E-state index contributed by atoms with van der Waals surface area (Å²) in [6.45, 7) is 3.49. The van der Waals surface area contributed by atoms with Crippen LogP contribution in [0, 0.1) is 6.42 Å². The van der Waals surface area contributed by atoms with Gasteiger partial charge < -0.3 is 10.2 Å². The number of unbranched alkanes of at least 4 members (excludes halogenated alkanes) is 2. The highest BCUT2D eigenvalue weighted by atomic mass is 32.1. The third-order valence-corrected chi connectivity index (χ3v) is 5.21. The van der Waals surface area contributed by atoms with E-state index >= 15 is 0 Å². The van der Waals surface area contributed by atoms with Crippen molar-refractivity contribution in [2.24, 2.45) is 0 Å². The molecule has 0 fully saturated rings. The molecule has 2 aromatic heterocycles. The fourth-order valence-electron chi connectivity index (χ4n) is 2.28. The highest BCUT2D eigenvalue weighted by Gasteiger charge is 2.15. The summed E-state index contributed by atoms with van der Waals surface area (Å²) in [6.07, 6.45) is 4.30. The van der Waals surface area contributed by atoms with Gasteiger partial charge in [0.2, 0.25) is 11.8 Å². The number of carbonyl (C=O) groups is 2. The van der Waals surface area contributed by atoms with Crippen molar-refractivity contribution < 1.29 is 9.59 Å². The topological polar surface area (TPSA) is 49.4 Å². The minimum atomic E-state index is -0.00636. The highest BCUT2D eigenvalue weighted by molar-refractivity contribution is 7.10. The van der Waals surface area contributed by atoms with Gasteiger partial charge in [0.05, 0.1) is 13.1 Å². The van der Waals surface area contributed by atoms with Crippen LogP contribution in [0.5, 0.6) is 0 Å². The first-order valence-corrected chi connectivity index (χ1v) is 9.82. The standard InChI is InChI=1S/C18H23N2O2S2/c1-15(21)19-10-4-2-3-9-18(22)20(13-16-7-5-11-23-16)14-17-8-6-12-24-17/h5-9,11-12H,2-4,10,13-14H2,1H3,(H,19,21). The number of hydrogen-bond donors (Lipinski definition) is 1. The van der Waals surface area contributed by atoms with Gasteiger partial charge in [-0.1, -0.05) is 18.6 Å². The lowest BCUT2D eigenvalue weighted by Gasteiger charge is -2.21. The summed E-state index contributed by atoms with van der Waals surface area (Å²) in [5.41, 5.74) is 0. The van der Waals surface area contributed by atoms with Crippen LogP contribution in [0.1, 0.15) is 35.9 Å². The van der Waals surface area contributed by atoms with E-state index in [2.05, 4.69) is 17.4 Å². The molecular weight excluding hydrogens is 340 g/mol. The molecule has 0 aliphatic rings. The number of thiophene rings is 2. The summed E-state index contributed by atoms with van der Waals surface area (Å²) in [7, 11) is 0. The van der Waals surface area contributed by atoms with E-state index < -0.39 is 0 Å². The van der Waals surface area contributed by atoms with Gasteiger partial charge in [-0.15, -0.1) is 22.7 Å². The van der Waals surface area contributed by atoms with E-state index in [-0.39, 0.29) is 11.8 Å². The predicted octanol–water partition coefficient (Wildman–Crippen LogP) is 3.85. The van der Waals surface area contributed by atoms with Gasteiger partial charge in [-0.05, 0) is 35.7 Å². The molecule has 0 atom stereocenters. The molecule has 0 saturated carbocycles. The number of hydrogen-bond acceptors (Lipinski definition) is 4. The van der Waals surface area contributed by atoms with Crippen molar-refractivity contribution in [1.29, 1.82) is 0 Å². The zero-order valence-electron chi connectivity index (χ0n) is 13.9. The summed E-state index contributed by atoms with van der Waals surface area (Å²) >= 11 is 3.35. The summed E-state index contributed by atoms with van der Waals surface area (Å²) < 4.78 is 0. The third kappa shape index (κ3) is 6.84. The van der Waals surface area contributed by atoms with Crippen LogP contribution in [0.2, 0.25) is 0 Å². The zero-order chi connectivity index (χ0) is 17.2. The summed E-state index contributed by atoms with van der Waals surface area (Å²) in [5.74, 6) is 0.0736. The first-order valence-electron chi connectivity index (χ1n) is 8.06. The van der Waals surface area contributed by atoms with E-state index in [0.29, 0.717) is 19.6 Å². The molecule has 4 nitrogen and oxygen atoms in total. The molecule has 129 valence electrons. The van der Waals surface area contributed by atoms with Gasteiger partial charge in [-0.3, -0.25) is 9.59 Å². The van der Waals surface area contributed by atoms with Crippen LogP contribution in [0.4, 0.5) is 0 Å². The van der Waals surface area contributed by atoms with Crippen molar-refractivity contribution in [3.63, 3.8) is 0 Å². The minimum Gasteiger partial charge on any atom is -0.356 e. The normalized spacial score (nSPS) is 10.5. The van der Waals surface area contributed by atoms with Crippen LogP contribution in [0.15, 0.2) is 35.0 Å². The number of nitrogens with one attached hydrogen (secondary N) is 1. The summed E-state index contributed by atoms with van der Waals surface area (Å²) in [5, 5.41) is 6.84. The monoisotopic (exact) mass is 363 g/mol. The largest absolute Gasteiger partial charge is 0.356 e. The van der Waals surface area contributed by atoms with Gasteiger partial charge in [0.25, 0.3) is 0 Å². The van der Waals surface area contributed by atoms with Crippen LogP contribution >= 0.6 is 22.7 Å². The van der Waals surface area contributed by atoms with Crippen molar-refractivity contribution in [2.45, 2.75) is 39.3 Å². The first-order chi connectivity index (χ1) is 11.6. The molecule has 24 heavy (non-hydrogen) atoms. The van der Waals surface area contributed by atoms with Crippen LogP contribution in [-0.2, 0) is 22.7 Å². The quantitative estimate of drug-likeness (QED) is 0.652. The Kier molecular flexibility index (Phi) is 7.98. The Bertz CT molecular complexity index is 573. The van der Waals surface area contributed by atoms with E-state index in [1.807, 2.05) is 27.8 Å². The maximum Gasteiger partial charge on any atom is 0.227 e. The van der Waals surface area contributed by atoms with Crippen LogP contribution in [0.25, 0.3) is 0 Å². The van der Waals surface area contributed by atoms with Crippen molar-refractivity contribution >= 4 is 34.5 Å². The smallest absolute Gasteiger partial charge is 0.227 e. The van der Waals surface area contributed by atoms with Gasteiger partial charge in [0.15, 0.2) is 0 Å². The lowest BCUT2D eigenvalue weighted by Crippen LogP contribution is -2.29. The molecule has 2 rings (SSSR count). The Labute approximate surface area is 151 Å². The fourth-order valence-corrected chi connectivity index (χ4v) is 3.72. The molecule has 6 heteroatoms. The van der Waals surface area contributed by atoms with Crippen LogP contribution in [0.3, 0.4) is 0 Å². The highest BCUT2D eigenvalue weighted by Crippen LogP contribution is 2.18. The van der Waals surface area contributed by atoms with Crippen LogP contribution < -0.4 is 5.32 Å². The van der Waals surface area contributed by atoms with E-state index in [1.165, 1.54) is 16.7 Å².